The van der Waals surface area contributed by atoms with E-state index in [2.05, 4.69) is 0 Å². The average Bonchev–Trinajstić information content (AvgIpc) is 2.20. The van der Waals surface area contributed by atoms with Crippen LogP contribution >= 0.6 is 0 Å². The summed E-state index contributed by atoms with van der Waals surface area (Å²) in [5.74, 6) is -0.401. The van der Waals surface area contributed by atoms with E-state index in [9.17, 15) is 15.2 Å². The Balaban J connectivity index is 3.40. The van der Waals surface area contributed by atoms with Crippen molar-refractivity contribution >= 4 is 5.69 Å². The topological polar surface area (TPSA) is 111 Å². The van der Waals surface area contributed by atoms with E-state index in [1.807, 2.05) is 0 Å². The molecule has 0 heterocycles. The number of aromatic hydroxyl groups is 1. The number of hydrogen-bond acceptors (Lipinski definition) is 5. The molecule has 0 spiro atoms. The minimum Gasteiger partial charge on any atom is -0.507 e. The number of rotatable bonds is 2. The Morgan fingerprint density at radius 1 is 1.47 bits per heavy atom. The van der Waals surface area contributed by atoms with E-state index >= 15 is 0 Å². The van der Waals surface area contributed by atoms with E-state index in [4.69, 9.17) is 10.5 Å². The fraction of sp³-hybridized carbons (Fsp3) is 0.111. The second kappa shape index (κ2) is 4.07. The van der Waals surface area contributed by atoms with E-state index < -0.39 is 10.7 Å². The normalized spacial score (nSPS) is 8.93. The number of nitrogens with zero attached hydrogens (tertiary/aromatic N) is 3. The van der Waals surface area contributed by atoms with Crippen molar-refractivity contribution in [2.75, 3.05) is 0 Å². The van der Waals surface area contributed by atoms with Gasteiger partial charge >= 0.3 is 0 Å². The Morgan fingerprint density at radius 2 is 2.13 bits per heavy atom. The lowest BCUT2D eigenvalue weighted by Gasteiger charge is -2.02. The van der Waals surface area contributed by atoms with Crippen molar-refractivity contribution in [2.45, 2.75) is 6.42 Å². The van der Waals surface area contributed by atoms with E-state index in [-0.39, 0.29) is 23.2 Å². The first kappa shape index (κ1) is 10.5. The maximum Gasteiger partial charge on any atom is 0.274 e. The lowest BCUT2D eigenvalue weighted by Crippen LogP contribution is -1.94. The summed E-state index contributed by atoms with van der Waals surface area (Å²) in [6.45, 7) is 0. The van der Waals surface area contributed by atoms with Gasteiger partial charge in [-0.3, -0.25) is 10.1 Å². The van der Waals surface area contributed by atoms with Gasteiger partial charge in [0.1, 0.15) is 5.75 Å². The standard InChI is InChI=1S/C9H5N3O3/c10-2-1-8-6(5-11)3-7(12(14)15)4-9(8)13/h3-4,13H,1H2. The molecule has 1 aromatic rings. The van der Waals surface area contributed by atoms with E-state index in [0.717, 1.165) is 12.1 Å². The molecule has 0 unspecified atom stereocenters. The molecule has 1 aromatic carbocycles. The van der Waals surface area contributed by atoms with Gasteiger partial charge in [-0.15, -0.1) is 0 Å². The van der Waals surface area contributed by atoms with Crippen LogP contribution in [0.2, 0.25) is 0 Å². The fourth-order valence-corrected chi connectivity index (χ4v) is 1.11. The minimum atomic E-state index is -0.712. The van der Waals surface area contributed by atoms with Crippen molar-refractivity contribution in [1.29, 1.82) is 10.5 Å². The molecular weight excluding hydrogens is 198 g/mol. The van der Waals surface area contributed by atoms with E-state index in [1.165, 1.54) is 0 Å². The first-order valence-corrected chi connectivity index (χ1v) is 3.87. The van der Waals surface area contributed by atoms with Crippen LogP contribution in [0, 0.1) is 32.8 Å². The second-order valence-corrected chi connectivity index (χ2v) is 2.69. The molecule has 0 atom stereocenters. The Labute approximate surface area is 84.8 Å². The summed E-state index contributed by atoms with van der Waals surface area (Å²) in [6, 6.07) is 5.43. The van der Waals surface area contributed by atoms with Crippen LogP contribution in [0.1, 0.15) is 11.1 Å². The van der Waals surface area contributed by atoms with Gasteiger partial charge in [0.2, 0.25) is 0 Å². The third-order valence-corrected chi connectivity index (χ3v) is 1.80. The summed E-state index contributed by atoms with van der Waals surface area (Å²) in [7, 11) is 0. The smallest absolute Gasteiger partial charge is 0.274 e. The summed E-state index contributed by atoms with van der Waals surface area (Å²) in [5.41, 5.74) is -0.306. The van der Waals surface area contributed by atoms with E-state index in [0.29, 0.717) is 0 Å². The molecule has 74 valence electrons. The summed E-state index contributed by atoms with van der Waals surface area (Å²) in [5, 5.41) is 36.9. The third-order valence-electron chi connectivity index (χ3n) is 1.80. The van der Waals surface area contributed by atoms with Gasteiger partial charge in [0, 0.05) is 11.6 Å². The van der Waals surface area contributed by atoms with E-state index in [1.54, 1.807) is 12.1 Å². The highest BCUT2D eigenvalue weighted by atomic mass is 16.6. The molecule has 0 aromatic heterocycles. The summed E-state index contributed by atoms with van der Waals surface area (Å²) in [4.78, 5) is 9.70. The number of nitro groups is 1. The summed E-state index contributed by atoms with van der Waals surface area (Å²) >= 11 is 0. The maximum atomic E-state index is 10.4. The molecule has 6 nitrogen and oxygen atoms in total. The van der Waals surface area contributed by atoms with Crippen LogP contribution in [-0.2, 0) is 6.42 Å². The largest absolute Gasteiger partial charge is 0.507 e. The highest BCUT2D eigenvalue weighted by Crippen LogP contribution is 2.27. The average molecular weight is 203 g/mol. The van der Waals surface area contributed by atoms with Crippen LogP contribution in [0.25, 0.3) is 0 Å². The zero-order valence-electron chi connectivity index (χ0n) is 7.47. The fourth-order valence-electron chi connectivity index (χ4n) is 1.11. The Bertz CT molecular complexity index is 497. The monoisotopic (exact) mass is 203 g/mol. The SMILES string of the molecule is N#CCc1c(O)cc([N+](=O)[O-])cc1C#N. The number of non-ortho nitro benzene ring substituents is 1. The molecule has 0 aliphatic heterocycles. The number of nitro benzene ring substituents is 1. The van der Waals surface area contributed by atoms with Gasteiger partial charge in [0.15, 0.2) is 0 Å². The third kappa shape index (κ3) is 2.01. The van der Waals surface area contributed by atoms with Gasteiger partial charge in [-0.05, 0) is 0 Å². The Kier molecular flexibility index (Phi) is 2.85. The summed E-state index contributed by atoms with van der Waals surface area (Å²) < 4.78 is 0. The summed E-state index contributed by atoms with van der Waals surface area (Å²) in [6.07, 6.45) is -0.160. The lowest BCUT2D eigenvalue weighted by atomic mass is 10.0. The lowest BCUT2D eigenvalue weighted by molar-refractivity contribution is -0.385. The Morgan fingerprint density at radius 3 is 2.60 bits per heavy atom. The quantitative estimate of drug-likeness (QED) is 0.574. The minimum absolute atomic E-state index is 0.0525. The predicted octanol–water partition coefficient (Wildman–Crippen LogP) is 1.24. The van der Waals surface area contributed by atoms with Crippen molar-refractivity contribution in [3.8, 4) is 17.9 Å². The molecule has 0 saturated carbocycles. The molecule has 1 rings (SSSR count). The van der Waals surface area contributed by atoms with Crippen molar-refractivity contribution in [3.05, 3.63) is 33.4 Å². The molecule has 1 N–H and O–H groups in total. The van der Waals surface area contributed by atoms with Crippen LogP contribution in [0.3, 0.4) is 0 Å². The van der Waals surface area contributed by atoms with Crippen molar-refractivity contribution in [1.82, 2.24) is 0 Å². The molecule has 0 saturated heterocycles. The zero-order chi connectivity index (χ0) is 11.4. The Hall–Kier alpha value is -2.60. The molecule has 6 heteroatoms. The first-order valence-electron chi connectivity index (χ1n) is 3.87. The van der Waals surface area contributed by atoms with Gasteiger partial charge in [0.05, 0.1) is 35.1 Å². The number of nitriles is 2. The molecule has 0 amide bonds. The van der Waals surface area contributed by atoms with Gasteiger partial charge in [0.25, 0.3) is 5.69 Å². The molecular formula is C9H5N3O3. The predicted molar refractivity (Wildman–Crippen MR) is 48.8 cm³/mol. The zero-order valence-corrected chi connectivity index (χ0v) is 7.47. The van der Waals surface area contributed by atoms with Crippen LogP contribution < -0.4 is 0 Å². The molecule has 15 heavy (non-hydrogen) atoms. The van der Waals surface area contributed by atoms with Gasteiger partial charge < -0.3 is 5.11 Å². The van der Waals surface area contributed by atoms with Crippen LogP contribution in [0.15, 0.2) is 12.1 Å². The highest BCUT2D eigenvalue weighted by molar-refractivity contribution is 5.54. The maximum absolute atomic E-state index is 10.4. The molecule has 0 bridgehead atoms. The first-order chi connectivity index (χ1) is 7.10. The number of hydrogen-bond donors (Lipinski definition) is 1. The number of benzene rings is 1. The van der Waals surface area contributed by atoms with Gasteiger partial charge in [-0.1, -0.05) is 0 Å². The van der Waals surface area contributed by atoms with Crippen molar-refractivity contribution in [2.24, 2.45) is 0 Å². The van der Waals surface area contributed by atoms with Gasteiger partial charge in [-0.25, -0.2) is 0 Å². The van der Waals surface area contributed by atoms with Crippen LogP contribution in [0.5, 0.6) is 5.75 Å². The second-order valence-electron chi connectivity index (χ2n) is 2.69. The van der Waals surface area contributed by atoms with Gasteiger partial charge in [-0.2, -0.15) is 10.5 Å². The van der Waals surface area contributed by atoms with Crippen LogP contribution in [-0.4, -0.2) is 10.0 Å². The molecule has 0 aliphatic carbocycles. The van der Waals surface area contributed by atoms with Crippen LogP contribution in [0.4, 0.5) is 5.69 Å². The number of phenolic OH excluding ortho intramolecular Hbond substituents is 1. The van der Waals surface area contributed by atoms with Crippen molar-refractivity contribution < 1.29 is 10.0 Å². The molecule has 0 radical (unpaired) electrons. The number of phenols is 1. The van der Waals surface area contributed by atoms with Crippen molar-refractivity contribution in [3.63, 3.8) is 0 Å². The molecule has 0 aliphatic rings. The highest BCUT2D eigenvalue weighted by Gasteiger charge is 2.15. The molecule has 0 fully saturated rings.